The first-order valence-electron chi connectivity index (χ1n) is 4.21. The van der Waals surface area contributed by atoms with E-state index < -0.39 is 11.5 Å². The maximum absolute atomic E-state index is 13.3. The molecule has 0 spiro atoms. The monoisotopic (exact) mass is 176 g/mol. The average Bonchev–Trinajstić information content (AvgIpc) is 2.81. The van der Waals surface area contributed by atoms with Crippen molar-refractivity contribution in [2.24, 2.45) is 0 Å². The standard InChI is InChI=1S/C9H14F2O/c1-3-5-6-9(10,11)8(4-2)7-12-8/h3,5H,4,6-7H2,1-2H3. The molecule has 0 bridgehead atoms. The Morgan fingerprint density at radius 1 is 1.58 bits per heavy atom. The average molecular weight is 176 g/mol. The normalized spacial score (nSPS) is 29.7. The van der Waals surface area contributed by atoms with Crippen LogP contribution in [0.2, 0.25) is 0 Å². The number of epoxide rings is 1. The van der Waals surface area contributed by atoms with Gasteiger partial charge in [0.15, 0.2) is 5.60 Å². The fourth-order valence-corrected chi connectivity index (χ4v) is 1.21. The molecule has 1 atom stereocenters. The van der Waals surface area contributed by atoms with E-state index in [2.05, 4.69) is 0 Å². The van der Waals surface area contributed by atoms with Crippen LogP contribution in [-0.4, -0.2) is 18.1 Å². The number of rotatable bonds is 4. The number of ether oxygens (including phenoxy) is 1. The molecule has 70 valence electrons. The Balaban J connectivity index is 2.58. The molecule has 0 amide bonds. The summed E-state index contributed by atoms with van der Waals surface area (Å²) in [5.41, 5.74) is -1.15. The third kappa shape index (κ3) is 1.51. The lowest BCUT2D eigenvalue weighted by atomic mass is 9.96. The molecule has 1 heterocycles. The van der Waals surface area contributed by atoms with E-state index >= 15 is 0 Å². The number of halogens is 2. The summed E-state index contributed by atoms with van der Waals surface area (Å²) in [6, 6.07) is 0. The second kappa shape index (κ2) is 3.13. The lowest BCUT2D eigenvalue weighted by Crippen LogP contribution is -2.36. The molecule has 0 aliphatic carbocycles. The maximum Gasteiger partial charge on any atom is 0.282 e. The van der Waals surface area contributed by atoms with E-state index in [0.717, 1.165) is 0 Å². The van der Waals surface area contributed by atoms with Gasteiger partial charge in [0.1, 0.15) is 0 Å². The summed E-state index contributed by atoms with van der Waals surface area (Å²) in [7, 11) is 0. The van der Waals surface area contributed by atoms with Gasteiger partial charge >= 0.3 is 0 Å². The van der Waals surface area contributed by atoms with Crippen molar-refractivity contribution in [3.63, 3.8) is 0 Å². The predicted octanol–water partition coefficient (Wildman–Crippen LogP) is 2.77. The van der Waals surface area contributed by atoms with Crippen LogP contribution >= 0.6 is 0 Å². The Morgan fingerprint density at radius 3 is 2.50 bits per heavy atom. The molecule has 0 aromatic rings. The van der Waals surface area contributed by atoms with Crippen molar-refractivity contribution < 1.29 is 13.5 Å². The number of hydrogen-bond acceptors (Lipinski definition) is 1. The molecule has 1 aliphatic heterocycles. The first-order chi connectivity index (χ1) is 5.58. The Hall–Kier alpha value is -0.440. The third-order valence-corrected chi connectivity index (χ3v) is 2.34. The lowest BCUT2D eigenvalue weighted by molar-refractivity contribution is -0.0734. The Labute approximate surface area is 71.4 Å². The van der Waals surface area contributed by atoms with Crippen LogP contribution in [0.1, 0.15) is 26.7 Å². The maximum atomic E-state index is 13.3. The molecular formula is C9H14F2O. The first kappa shape index (κ1) is 9.65. The molecule has 0 aromatic carbocycles. The minimum absolute atomic E-state index is 0.202. The predicted molar refractivity (Wildman–Crippen MR) is 43.4 cm³/mol. The highest BCUT2D eigenvalue weighted by atomic mass is 19.3. The highest BCUT2D eigenvalue weighted by molar-refractivity contribution is 5.05. The lowest BCUT2D eigenvalue weighted by Gasteiger charge is -2.20. The van der Waals surface area contributed by atoms with E-state index in [-0.39, 0.29) is 13.0 Å². The topological polar surface area (TPSA) is 12.5 Å². The number of hydrogen-bond donors (Lipinski definition) is 0. The number of alkyl halides is 2. The van der Waals surface area contributed by atoms with E-state index in [1.165, 1.54) is 6.08 Å². The van der Waals surface area contributed by atoms with Crippen molar-refractivity contribution in [3.05, 3.63) is 12.2 Å². The molecule has 1 nitrogen and oxygen atoms in total. The van der Waals surface area contributed by atoms with Gasteiger partial charge in [0.2, 0.25) is 0 Å². The van der Waals surface area contributed by atoms with Gasteiger partial charge in [0, 0.05) is 6.42 Å². The molecule has 1 unspecified atom stereocenters. The molecule has 3 heteroatoms. The van der Waals surface area contributed by atoms with Crippen molar-refractivity contribution in [2.45, 2.75) is 38.2 Å². The van der Waals surface area contributed by atoms with E-state index in [0.29, 0.717) is 6.42 Å². The molecule has 12 heavy (non-hydrogen) atoms. The van der Waals surface area contributed by atoms with Crippen LogP contribution in [0.15, 0.2) is 12.2 Å². The van der Waals surface area contributed by atoms with E-state index in [1.807, 2.05) is 0 Å². The summed E-state index contributed by atoms with van der Waals surface area (Å²) in [6.07, 6.45) is 3.30. The Morgan fingerprint density at radius 2 is 2.17 bits per heavy atom. The molecule has 0 radical (unpaired) electrons. The zero-order valence-corrected chi connectivity index (χ0v) is 7.44. The molecule has 0 N–H and O–H groups in total. The van der Waals surface area contributed by atoms with Crippen LogP contribution in [0.5, 0.6) is 0 Å². The molecular weight excluding hydrogens is 162 g/mol. The van der Waals surface area contributed by atoms with Crippen LogP contribution in [0.4, 0.5) is 8.78 Å². The van der Waals surface area contributed by atoms with E-state index in [4.69, 9.17) is 4.74 Å². The van der Waals surface area contributed by atoms with Gasteiger partial charge in [0.05, 0.1) is 6.61 Å². The second-order valence-electron chi connectivity index (χ2n) is 3.11. The number of allylic oxidation sites excluding steroid dienone is 2. The minimum Gasteiger partial charge on any atom is -0.363 e. The minimum atomic E-state index is -2.70. The van der Waals surface area contributed by atoms with Crippen LogP contribution in [0.25, 0.3) is 0 Å². The van der Waals surface area contributed by atoms with Crippen molar-refractivity contribution in [1.29, 1.82) is 0 Å². The summed E-state index contributed by atoms with van der Waals surface area (Å²) in [4.78, 5) is 0. The summed E-state index contributed by atoms with van der Waals surface area (Å²) in [6.45, 7) is 3.67. The van der Waals surface area contributed by atoms with Crippen molar-refractivity contribution in [1.82, 2.24) is 0 Å². The van der Waals surface area contributed by atoms with Crippen LogP contribution in [-0.2, 0) is 4.74 Å². The van der Waals surface area contributed by atoms with Gasteiger partial charge in [-0.2, -0.15) is 0 Å². The summed E-state index contributed by atoms with van der Waals surface area (Å²) < 4.78 is 31.4. The van der Waals surface area contributed by atoms with Gasteiger partial charge < -0.3 is 4.74 Å². The highest BCUT2D eigenvalue weighted by Crippen LogP contribution is 2.47. The first-order valence-corrected chi connectivity index (χ1v) is 4.21. The molecule has 1 rings (SSSR count). The van der Waals surface area contributed by atoms with Crippen molar-refractivity contribution in [2.75, 3.05) is 6.61 Å². The summed E-state index contributed by atoms with van der Waals surface area (Å²) >= 11 is 0. The second-order valence-corrected chi connectivity index (χ2v) is 3.11. The molecule has 0 saturated carbocycles. The Kier molecular flexibility index (Phi) is 2.52. The SMILES string of the molecule is CC=CCC(F)(F)C1(CC)CO1. The zero-order valence-electron chi connectivity index (χ0n) is 7.44. The zero-order chi connectivity index (χ0) is 9.24. The van der Waals surface area contributed by atoms with Gasteiger partial charge in [-0.3, -0.25) is 0 Å². The van der Waals surface area contributed by atoms with Crippen molar-refractivity contribution in [3.8, 4) is 0 Å². The van der Waals surface area contributed by atoms with E-state index in [1.54, 1.807) is 19.9 Å². The highest BCUT2D eigenvalue weighted by Gasteiger charge is 2.62. The van der Waals surface area contributed by atoms with Crippen molar-refractivity contribution >= 4 is 0 Å². The summed E-state index contributed by atoms with van der Waals surface area (Å²) in [5, 5.41) is 0. The van der Waals surface area contributed by atoms with Gasteiger partial charge in [-0.15, -0.1) is 0 Å². The molecule has 1 aliphatic rings. The molecule has 1 fully saturated rings. The van der Waals surface area contributed by atoms with Gasteiger partial charge in [-0.05, 0) is 13.3 Å². The van der Waals surface area contributed by atoms with Gasteiger partial charge in [-0.25, -0.2) is 8.78 Å². The Bertz CT molecular complexity index is 183. The quantitative estimate of drug-likeness (QED) is 0.474. The fraction of sp³-hybridized carbons (Fsp3) is 0.778. The van der Waals surface area contributed by atoms with Crippen LogP contribution in [0, 0.1) is 0 Å². The summed E-state index contributed by atoms with van der Waals surface area (Å²) in [5.74, 6) is -2.70. The fourth-order valence-electron chi connectivity index (χ4n) is 1.21. The van der Waals surface area contributed by atoms with Crippen LogP contribution in [0.3, 0.4) is 0 Å². The van der Waals surface area contributed by atoms with E-state index in [9.17, 15) is 8.78 Å². The smallest absolute Gasteiger partial charge is 0.282 e. The van der Waals surface area contributed by atoms with Crippen LogP contribution < -0.4 is 0 Å². The van der Waals surface area contributed by atoms with Gasteiger partial charge in [-0.1, -0.05) is 19.1 Å². The third-order valence-electron chi connectivity index (χ3n) is 2.34. The molecule has 0 aromatic heterocycles. The molecule has 1 saturated heterocycles. The van der Waals surface area contributed by atoms with Gasteiger partial charge in [0.25, 0.3) is 5.92 Å². The largest absolute Gasteiger partial charge is 0.363 e.